The number of anilines is 1. The van der Waals surface area contributed by atoms with Gasteiger partial charge in [-0.05, 0) is 56.1 Å². The third-order valence-electron chi connectivity index (χ3n) is 2.12. The molecule has 0 unspecified atom stereocenters. The van der Waals surface area contributed by atoms with Crippen LogP contribution in [0.25, 0.3) is 0 Å². The minimum absolute atomic E-state index is 0.695. The fourth-order valence-electron chi connectivity index (χ4n) is 1.35. The molecule has 0 N–H and O–H groups in total. The topological polar surface area (TPSA) is 29.3 Å². The van der Waals surface area contributed by atoms with Gasteiger partial charge in [-0.15, -0.1) is 0 Å². The lowest BCUT2D eigenvalue weighted by molar-refractivity contribution is 0.486. The molecular formula is C11H10Br2N2O. The Morgan fingerprint density at radius 2 is 2.06 bits per heavy atom. The molecule has 16 heavy (non-hydrogen) atoms. The molecule has 84 valence electrons. The molecule has 0 spiro atoms. The Balaban J connectivity index is 2.08. The number of rotatable bonds is 3. The molecule has 0 saturated heterocycles. The van der Waals surface area contributed by atoms with Gasteiger partial charge in [0.2, 0.25) is 0 Å². The Hall–Kier alpha value is -0.810. The van der Waals surface area contributed by atoms with Gasteiger partial charge in [0.25, 0.3) is 0 Å². The average Bonchev–Trinajstić information content (AvgIpc) is 2.65. The fraction of sp³-hybridized carbons (Fsp3) is 0.182. The van der Waals surface area contributed by atoms with E-state index in [-0.39, 0.29) is 0 Å². The van der Waals surface area contributed by atoms with E-state index in [2.05, 4.69) is 36.8 Å². The van der Waals surface area contributed by atoms with Gasteiger partial charge in [0.15, 0.2) is 4.67 Å². The summed E-state index contributed by atoms with van der Waals surface area (Å²) in [5, 5.41) is 0. The Morgan fingerprint density at radius 3 is 2.62 bits per heavy atom. The minimum atomic E-state index is 0.695. The monoisotopic (exact) mass is 344 g/mol. The first-order chi connectivity index (χ1) is 7.65. The second-order valence-electron chi connectivity index (χ2n) is 3.40. The van der Waals surface area contributed by atoms with Crippen LogP contribution in [0.1, 0.15) is 5.76 Å². The highest BCUT2D eigenvalue weighted by atomic mass is 79.9. The summed E-state index contributed by atoms with van der Waals surface area (Å²) in [7, 11) is 1.98. The SMILES string of the molecule is CN(Cc1ccc(Br)o1)c1ccc(Br)cn1. The molecule has 2 aromatic rings. The van der Waals surface area contributed by atoms with Gasteiger partial charge in [-0.2, -0.15) is 0 Å². The first-order valence-corrected chi connectivity index (χ1v) is 6.30. The van der Waals surface area contributed by atoms with Crippen molar-refractivity contribution in [1.82, 2.24) is 4.98 Å². The second-order valence-corrected chi connectivity index (χ2v) is 5.09. The quantitative estimate of drug-likeness (QED) is 0.846. The lowest BCUT2D eigenvalue weighted by Crippen LogP contribution is -2.16. The summed E-state index contributed by atoms with van der Waals surface area (Å²) in [4.78, 5) is 6.33. The smallest absolute Gasteiger partial charge is 0.169 e. The van der Waals surface area contributed by atoms with Crippen molar-refractivity contribution in [3.63, 3.8) is 0 Å². The van der Waals surface area contributed by atoms with Gasteiger partial charge in [-0.3, -0.25) is 0 Å². The van der Waals surface area contributed by atoms with Crippen LogP contribution in [-0.4, -0.2) is 12.0 Å². The molecule has 0 aromatic carbocycles. The van der Waals surface area contributed by atoms with E-state index in [4.69, 9.17) is 4.42 Å². The third-order valence-corrected chi connectivity index (χ3v) is 3.02. The zero-order chi connectivity index (χ0) is 11.5. The van der Waals surface area contributed by atoms with Crippen molar-refractivity contribution < 1.29 is 4.42 Å². The molecule has 0 saturated carbocycles. The summed E-state index contributed by atoms with van der Waals surface area (Å²) in [5.74, 6) is 1.81. The largest absolute Gasteiger partial charge is 0.452 e. The molecule has 0 atom stereocenters. The molecule has 2 rings (SSSR count). The fourth-order valence-corrected chi connectivity index (χ4v) is 1.92. The first-order valence-electron chi connectivity index (χ1n) is 4.72. The van der Waals surface area contributed by atoms with E-state index < -0.39 is 0 Å². The van der Waals surface area contributed by atoms with Crippen LogP contribution in [0.15, 0.2) is 44.0 Å². The van der Waals surface area contributed by atoms with Crippen molar-refractivity contribution >= 4 is 37.7 Å². The highest BCUT2D eigenvalue weighted by molar-refractivity contribution is 9.10. The Labute approximate surface area is 111 Å². The molecule has 0 aliphatic carbocycles. The van der Waals surface area contributed by atoms with Gasteiger partial charge in [-0.1, -0.05) is 0 Å². The van der Waals surface area contributed by atoms with Gasteiger partial charge < -0.3 is 9.32 Å². The minimum Gasteiger partial charge on any atom is -0.452 e. The standard InChI is InChI=1S/C11H10Br2N2O/c1-15(7-9-3-4-10(13)16-9)11-5-2-8(12)6-14-11/h2-6H,7H2,1H3. The lowest BCUT2D eigenvalue weighted by Gasteiger charge is -2.16. The molecule has 5 heteroatoms. The van der Waals surface area contributed by atoms with E-state index in [1.54, 1.807) is 6.20 Å². The summed E-state index contributed by atoms with van der Waals surface area (Å²) in [5.41, 5.74) is 0. The maximum absolute atomic E-state index is 5.44. The molecule has 2 aromatic heterocycles. The van der Waals surface area contributed by atoms with Crippen molar-refractivity contribution in [2.45, 2.75) is 6.54 Å². The molecule has 0 bridgehead atoms. The van der Waals surface area contributed by atoms with Crippen molar-refractivity contribution in [2.75, 3.05) is 11.9 Å². The maximum atomic E-state index is 5.44. The molecule has 0 fully saturated rings. The predicted octanol–water partition coefficient (Wildman–Crippen LogP) is 3.84. The average molecular weight is 346 g/mol. The van der Waals surface area contributed by atoms with Crippen LogP contribution < -0.4 is 4.90 Å². The van der Waals surface area contributed by atoms with Crippen LogP contribution in [0.4, 0.5) is 5.82 Å². The highest BCUT2D eigenvalue weighted by Crippen LogP contribution is 2.18. The van der Waals surface area contributed by atoms with Crippen LogP contribution in [0.3, 0.4) is 0 Å². The normalized spacial score (nSPS) is 10.4. The predicted molar refractivity (Wildman–Crippen MR) is 70.5 cm³/mol. The first kappa shape index (κ1) is 11.7. The summed E-state index contributed by atoms with van der Waals surface area (Å²) >= 11 is 6.64. The van der Waals surface area contributed by atoms with Crippen LogP contribution in [-0.2, 0) is 6.54 Å². The zero-order valence-corrected chi connectivity index (χ0v) is 11.8. The zero-order valence-electron chi connectivity index (χ0n) is 8.65. The van der Waals surface area contributed by atoms with E-state index in [9.17, 15) is 0 Å². The van der Waals surface area contributed by atoms with Crippen LogP contribution in [0.2, 0.25) is 0 Å². The summed E-state index contributed by atoms with van der Waals surface area (Å²) < 4.78 is 7.16. The second kappa shape index (κ2) is 5.01. The molecule has 0 radical (unpaired) electrons. The molecule has 0 amide bonds. The van der Waals surface area contributed by atoms with Crippen molar-refractivity contribution in [1.29, 1.82) is 0 Å². The summed E-state index contributed by atoms with van der Waals surface area (Å²) in [6, 6.07) is 7.76. The number of hydrogen-bond acceptors (Lipinski definition) is 3. The van der Waals surface area contributed by atoms with E-state index in [0.717, 1.165) is 20.7 Å². The molecular weight excluding hydrogens is 336 g/mol. The van der Waals surface area contributed by atoms with Crippen LogP contribution >= 0.6 is 31.9 Å². The van der Waals surface area contributed by atoms with E-state index >= 15 is 0 Å². The number of hydrogen-bond donors (Lipinski definition) is 0. The molecule has 2 heterocycles. The van der Waals surface area contributed by atoms with Crippen LogP contribution in [0, 0.1) is 0 Å². The highest BCUT2D eigenvalue weighted by Gasteiger charge is 2.06. The molecule has 0 aliphatic heterocycles. The number of halogens is 2. The number of pyridine rings is 1. The number of aromatic nitrogens is 1. The number of furan rings is 1. The van der Waals surface area contributed by atoms with Crippen molar-refractivity contribution in [3.8, 4) is 0 Å². The van der Waals surface area contributed by atoms with E-state index in [1.165, 1.54) is 0 Å². The van der Waals surface area contributed by atoms with E-state index in [1.807, 2.05) is 36.2 Å². The van der Waals surface area contributed by atoms with Crippen LogP contribution in [0.5, 0.6) is 0 Å². The maximum Gasteiger partial charge on any atom is 0.169 e. The van der Waals surface area contributed by atoms with Gasteiger partial charge >= 0.3 is 0 Å². The van der Waals surface area contributed by atoms with E-state index in [0.29, 0.717) is 6.54 Å². The Bertz CT molecular complexity index is 467. The Kier molecular flexibility index (Phi) is 3.66. The molecule has 0 aliphatic rings. The molecule has 3 nitrogen and oxygen atoms in total. The number of nitrogens with zero attached hydrogens (tertiary/aromatic N) is 2. The summed E-state index contributed by atoms with van der Waals surface area (Å²) in [6.07, 6.45) is 1.78. The third kappa shape index (κ3) is 2.86. The lowest BCUT2D eigenvalue weighted by atomic mass is 10.4. The Morgan fingerprint density at radius 1 is 1.25 bits per heavy atom. The van der Waals surface area contributed by atoms with Gasteiger partial charge in [0, 0.05) is 17.7 Å². The van der Waals surface area contributed by atoms with Gasteiger partial charge in [0.1, 0.15) is 11.6 Å². The van der Waals surface area contributed by atoms with Crippen molar-refractivity contribution in [3.05, 3.63) is 45.4 Å². The summed E-state index contributed by atoms with van der Waals surface area (Å²) in [6.45, 7) is 0.695. The van der Waals surface area contributed by atoms with Gasteiger partial charge in [-0.25, -0.2) is 4.98 Å². The van der Waals surface area contributed by atoms with Gasteiger partial charge in [0.05, 0.1) is 6.54 Å². The van der Waals surface area contributed by atoms with Crippen molar-refractivity contribution in [2.24, 2.45) is 0 Å².